The van der Waals surface area contributed by atoms with Gasteiger partial charge < -0.3 is 5.32 Å². The van der Waals surface area contributed by atoms with E-state index in [-0.39, 0.29) is 0 Å². The third-order valence-corrected chi connectivity index (χ3v) is 1.14. The highest BCUT2D eigenvalue weighted by Gasteiger charge is 2.20. The van der Waals surface area contributed by atoms with E-state index in [9.17, 15) is 0 Å². The van der Waals surface area contributed by atoms with Crippen LogP contribution in [0.1, 0.15) is 12.8 Å². The Hall–Kier alpha value is -0.790. The summed E-state index contributed by atoms with van der Waals surface area (Å²) in [4.78, 5) is 3.61. The molecule has 1 rings (SSSR count). The summed E-state index contributed by atoms with van der Waals surface area (Å²) in [6.45, 7) is 6.94. The van der Waals surface area contributed by atoms with Crippen molar-refractivity contribution in [1.82, 2.24) is 5.32 Å². The molecule has 1 N–H and O–H groups in total. The van der Waals surface area contributed by atoms with E-state index < -0.39 is 0 Å². The molecule has 0 aromatic heterocycles. The van der Waals surface area contributed by atoms with Gasteiger partial charge in [-0.1, -0.05) is 6.58 Å². The molecule has 2 nitrogen and oxygen atoms in total. The van der Waals surface area contributed by atoms with Crippen LogP contribution in [0.5, 0.6) is 0 Å². The molecule has 1 aliphatic rings. The molecule has 0 heterocycles. The molecule has 0 aliphatic heterocycles. The molecule has 0 aromatic carbocycles. The lowest BCUT2D eigenvalue weighted by molar-refractivity contribution is 0.800. The molecule has 2 heteroatoms. The summed E-state index contributed by atoms with van der Waals surface area (Å²) in [5.41, 5.74) is 0. The zero-order valence-electron chi connectivity index (χ0n) is 4.85. The zero-order valence-corrected chi connectivity index (χ0v) is 4.85. The molecule has 0 radical (unpaired) electrons. The molecule has 0 aromatic rings. The van der Waals surface area contributed by atoms with Crippen LogP contribution in [0.4, 0.5) is 0 Å². The van der Waals surface area contributed by atoms with Crippen LogP contribution in [-0.2, 0) is 0 Å². The van der Waals surface area contributed by atoms with Gasteiger partial charge in [-0.05, 0) is 19.6 Å². The number of aliphatic imine (C=N–C) groups is 1. The number of hydrogen-bond acceptors (Lipinski definition) is 2. The van der Waals surface area contributed by atoms with Crippen molar-refractivity contribution in [1.29, 1.82) is 0 Å². The Morgan fingerprint density at radius 2 is 2.25 bits per heavy atom. The molecule has 0 saturated heterocycles. The van der Waals surface area contributed by atoms with E-state index in [1.807, 2.05) is 0 Å². The van der Waals surface area contributed by atoms with E-state index >= 15 is 0 Å². The minimum absolute atomic E-state index is 0.646. The lowest BCUT2D eigenvalue weighted by atomic mass is 10.6. The number of rotatable bonds is 3. The standard InChI is InChI=1S/C6H10N2/c1-5(7-2)8-6-3-4-6/h6,8H,1-4H2. The second-order valence-electron chi connectivity index (χ2n) is 2.02. The fourth-order valence-electron chi connectivity index (χ4n) is 0.509. The molecule has 0 unspecified atom stereocenters. The Morgan fingerprint density at radius 3 is 2.62 bits per heavy atom. The van der Waals surface area contributed by atoms with Crippen molar-refractivity contribution < 1.29 is 0 Å². The SMILES string of the molecule is C=NC(=C)NC1CC1. The Labute approximate surface area is 49.3 Å². The van der Waals surface area contributed by atoms with E-state index in [4.69, 9.17) is 0 Å². The monoisotopic (exact) mass is 110 g/mol. The second-order valence-corrected chi connectivity index (χ2v) is 2.02. The van der Waals surface area contributed by atoms with E-state index in [0.29, 0.717) is 11.9 Å². The zero-order chi connectivity index (χ0) is 5.98. The number of nitrogens with zero attached hydrogens (tertiary/aromatic N) is 1. The average Bonchev–Trinajstić information content (AvgIpc) is 2.50. The van der Waals surface area contributed by atoms with Crippen LogP contribution < -0.4 is 5.32 Å². The van der Waals surface area contributed by atoms with Crippen molar-refractivity contribution in [3.8, 4) is 0 Å². The lowest BCUT2D eigenvalue weighted by Crippen LogP contribution is -2.12. The molecule has 0 amide bonds. The molecule has 1 aliphatic carbocycles. The van der Waals surface area contributed by atoms with Gasteiger partial charge in [-0.2, -0.15) is 0 Å². The average molecular weight is 110 g/mol. The van der Waals surface area contributed by atoms with E-state index in [1.165, 1.54) is 12.8 Å². The molecule has 1 fully saturated rings. The van der Waals surface area contributed by atoms with Gasteiger partial charge in [0.1, 0.15) is 5.82 Å². The molecule has 44 valence electrons. The highest BCUT2D eigenvalue weighted by molar-refractivity contribution is 5.27. The topological polar surface area (TPSA) is 24.4 Å². The maximum Gasteiger partial charge on any atom is 0.118 e. The summed E-state index contributed by atoms with van der Waals surface area (Å²) in [5.74, 6) is 0.701. The smallest absolute Gasteiger partial charge is 0.118 e. The first-order chi connectivity index (χ1) is 3.83. The number of nitrogens with one attached hydrogen (secondary N) is 1. The van der Waals surface area contributed by atoms with Gasteiger partial charge in [0, 0.05) is 6.04 Å². The minimum atomic E-state index is 0.646. The maximum absolute atomic E-state index is 3.61. The molecular formula is C6H10N2. The minimum Gasteiger partial charge on any atom is -0.368 e. The third-order valence-electron chi connectivity index (χ3n) is 1.14. The highest BCUT2D eigenvalue weighted by Crippen LogP contribution is 2.19. The van der Waals surface area contributed by atoms with Crippen LogP contribution >= 0.6 is 0 Å². The summed E-state index contributed by atoms with van der Waals surface area (Å²) in [6, 6.07) is 0.646. The third kappa shape index (κ3) is 1.37. The first-order valence-corrected chi connectivity index (χ1v) is 2.75. The summed E-state index contributed by atoms with van der Waals surface area (Å²) < 4.78 is 0. The van der Waals surface area contributed by atoms with Crippen LogP contribution in [0, 0.1) is 0 Å². The van der Waals surface area contributed by atoms with Crippen LogP contribution in [0.2, 0.25) is 0 Å². The van der Waals surface area contributed by atoms with Gasteiger partial charge in [0.05, 0.1) is 0 Å². The molecule has 0 bridgehead atoms. The predicted molar refractivity (Wildman–Crippen MR) is 34.8 cm³/mol. The van der Waals surface area contributed by atoms with Crippen molar-refractivity contribution in [3.63, 3.8) is 0 Å². The summed E-state index contributed by atoms with van der Waals surface area (Å²) >= 11 is 0. The van der Waals surface area contributed by atoms with Crippen molar-refractivity contribution in [2.75, 3.05) is 0 Å². The van der Waals surface area contributed by atoms with Crippen molar-refractivity contribution in [3.05, 3.63) is 12.4 Å². The maximum atomic E-state index is 3.61. The molecule has 1 saturated carbocycles. The summed E-state index contributed by atoms with van der Waals surface area (Å²) in [5, 5.41) is 3.08. The Balaban J connectivity index is 2.16. The summed E-state index contributed by atoms with van der Waals surface area (Å²) in [6.07, 6.45) is 2.52. The molecular weight excluding hydrogens is 100 g/mol. The van der Waals surface area contributed by atoms with Crippen molar-refractivity contribution in [2.24, 2.45) is 4.99 Å². The molecule has 0 spiro atoms. The highest BCUT2D eigenvalue weighted by atomic mass is 15.1. The lowest BCUT2D eigenvalue weighted by Gasteiger charge is -1.98. The second kappa shape index (κ2) is 1.99. The van der Waals surface area contributed by atoms with Crippen LogP contribution in [0.15, 0.2) is 17.4 Å². The van der Waals surface area contributed by atoms with Gasteiger partial charge in [0.25, 0.3) is 0 Å². The Kier molecular flexibility index (Phi) is 1.33. The first-order valence-electron chi connectivity index (χ1n) is 2.75. The summed E-state index contributed by atoms with van der Waals surface area (Å²) in [7, 11) is 0. The van der Waals surface area contributed by atoms with Crippen molar-refractivity contribution >= 4 is 6.72 Å². The van der Waals surface area contributed by atoms with E-state index in [1.54, 1.807) is 0 Å². The van der Waals surface area contributed by atoms with Gasteiger partial charge >= 0.3 is 0 Å². The van der Waals surface area contributed by atoms with Gasteiger partial charge in [0.2, 0.25) is 0 Å². The Morgan fingerprint density at radius 1 is 1.62 bits per heavy atom. The van der Waals surface area contributed by atoms with Crippen LogP contribution in [-0.4, -0.2) is 12.8 Å². The van der Waals surface area contributed by atoms with Crippen LogP contribution in [0.25, 0.3) is 0 Å². The fraction of sp³-hybridized carbons (Fsp3) is 0.500. The van der Waals surface area contributed by atoms with E-state index in [0.717, 1.165) is 0 Å². The number of hydrogen-bond donors (Lipinski definition) is 1. The van der Waals surface area contributed by atoms with E-state index in [2.05, 4.69) is 23.6 Å². The Bertz CT molecular complexity index is 114. The van der Waals surface area contributed by atoms with Gasteiger partial charge in [0.15, 0.2) is 0 Å². The first kappa shape index (κ1) is 5.35. The van der Waals surface area contributed by atoms with Crippen molar-refractivity contribution in [2.45, 2.75) is 18.9 Å². The molecule has 8 heavy (non-hydrogen) atoms. The van der Waals surface area contributed by atoms with Gasteiger partial charge in [-0.15, -0.1) is 0 Å². The normalized spacial score (nSPS) is 17.5. The quantitative estimate of drug-likeness (QED) is 0.536. The van der Waals surface area contributed by atoms with Gasteiger partial charge in [-0.25, -0.2) is 4.99 Å². The van der Waals surface area contributed by atoms with Crippen LogP contribution in [0.3, 0.4) is 0 Å². The largest absolute Gasteiger partial charge is 0.368 e. The molecule has 0 atom stereocenters. The predicted octanol–water partition coefficient (Wildman–Crippen LogP) is 0.910. The van der Waals surface area contributed by atoms with Gasteiger partial charge in [-0.3, -0.25) is 0 Å². The fourth-order valence-corrected chi connectivity index (χ4v) is 0.509.